The molecule has 1 N–H and O–H groups in total. The lowest BCUT2D eigenvalue weighted by atomic mass is 10.1. The lowest BCUT2D eigenvalue weighted by Crippen LogP contribution is -2.18. The van der Waals surface area contributed by atoms with Crippen LogP contribution in [0, 0.1) is 0 Å². The van der Waals surface area contributed by atoms with Crippen molar-refractivity contribution in [3.63, 3.8) is 0 Å². The monoisotopic (exact) mass is 294 g/mol. The first-order chi connectivity index (χ1) is 8.15. The molecule has 0 aliphatic heterocycles. The van der Waals surface area contributed by atoms with Crippen molar-refractivity contribution in [2.45, 2.75) is 13.5 Å². The molecule has 0 saturated carbocycles. The molecule has 2 aromatic rings. The van der Waals surface area contributed by atoms with Gasteiger partial charge in [0, 0.05) is 23.0 Å². The third-order valence-electron chi connectivity index (χ3n) is 2.21. The number of aromatic nitrogens is 1. The summed E-state index contributed by atoms with van der Waals surface area (Å²) in [4.78, 5) is 10.8. The van der Waals surface area contributed by atoms with Crippen LogP contribution in [0.5, 0.6) is 0 Å². The highest BCUT2D eigenvalue weighted by Gasteiger charge is 2.06. The third kappa shape index (κ3) is 3.17. The van der Waals surface area contributed by atoms with E-state index in [0.717, 1.165) is 15.7 Å². The molecule has 0 unspecified atom stereocenters. The van der Waals surface area contributed by atoms with Crippen LogP contribution >= 0.6 is 15.9 Å². The van der Waals surface area contributed by atoms with Crippen molar-refractivity contribution >= 4 is 21.8 Å². The number of nitrogens with zero attached hydrogens (tertiary/aromatic N) is 1. The number of hydrogen-bond donors (Lipinski definition) is 1. The van der Waals surface area contributed by atoms with E-state index in [-0.39, 0.29) is 5.91 Å². The minimum Gasteiger partial charge on any atom is -0.359 e. The Hall–Kier alpha value is -1.62. The molecule has 1 aromatic carbocycles. The van der Waals surface area contributed by atoms with E-state index in [1.165, 1.54) is 6.92 Å². The van der Waals surface area contributed by atoms with Crippen molar-refractivity contribution in [2.24, 2.45) is 0 Å². The highest BCUT2D eigenvalue weighted by atomic mass is 79.9. The molecule has 0 spiro atoms. The van der Waals surface area contributed by atoms with Crippen molar-refractivity contribution in [1.82, 2.24) is 10.5 Å². The second-order valence-electron chi connectivity index (χ2n) is 3.60. The van der Waals surface area contributed by atoms with Crippen molar-refractivity contribution in [2.75, 3.05) is 0 Å². The average Bonchev–Trinajstić information content (AvgIpc) is 2.76. The van der Waals surface area contributed by atoms with E-state index in [1.54, 1.807) is 0 Å². The maximum atomic E-state index is 10.8. The summed E-state index contributed by atoms with van der Waals surface area (Å²) in [5, 5.41) is 6.61. The minimum absolute atomic E-state index is 0.0911. The fraction of sp³-hybridized carbons (Fsp3) is 0.167. The Balaban J connectivity index is 2.12. The van der Waals surface area contributed by atoms with Crippen LogP contribution in [0.15, 0.2) is 39.3 Å². The van der Waals surface area contributed by atoms with E-state index in [2.05, 4.69) is 26.4 Å². The van der Waals surface area contributed by atoms with Gasteiger partial charge in [-0.05, 0) is 12.1 Å². The molecular formula is C12H11BrN2O2. The topological polar surface area (TPSA) is 55.1 Å². The summed E-state index contributed by atoms with van der Waals surface area (Å²) in [7, 11) is 0. The highest BCUT2D eigenvalue weighted by molar-refractivity contribution is 9.10. The second kappa shape index (κ2) is 5.14. The standard InChI is InChI=1S/C12H11BrN2O2/c1-8(16)14-7-11-6-12(15-17-11)9-2-4-10(13)5-3-9/h2-6H,7H2,1H3,(H,14,16). The summed E-state index contributed by atoms with van der Waals surface area (Å²) in [5.74, 6) is 0.546. The predicted octanol–water partition coefficient (Wildman–Crippen LogP) is 2.74. The fourth-order valence-corrected chi connectivity index (χ4v) is 1.63. The largest absolute Gasteiger partial charge is 0.359 e. The van der Waals surface area contributed by atoms with Gasteiger partial charge in [0.05, 0.1) is 6.54 Å². The molecule has 0 radical (unpaired) electrons. The maximum Gasteiger partial charge on any atom is 0.217 e. The normalized spacial score (nSPS) is 10.2. The van der Waals surface area contributed by atoms with Crippen molar-refractivity contribution in [1.29, 1.82) is 0 Å². The van der Waals surface area contributed by atoms with E-state index in [0.29, 0.717) is 12.3 Å². The highest BCUT2D eigenvalue weighted by Crippen LogP contribution is 2.21. The Kier molecular flexibility index (Phi) is 3.58. The summed E-state index contributed by atoms with van der Waals surface area (Å²) >= 11 is 3.37. The van der Waals surface area contributed by atoms with Crippen LogP contribution in [0.2, 0.25) is 0 Å². The van der Waals surface area contributed by atoms with E-state index >= 15 is 0 Å². The first-order valence-corrected chi connectivity index (χ1v) is 5.90. The molecule has 88 valence electrons. The van der Waals surface area contributed by atoms with Crippen molar-refractivity contribution in [3.05, 3.63) is 40.6 Å². The van der Waals surface area contributed by atoms with Crippen LogP contribution in [0.25, 0.3) is 11.3 Å². The number of nitrogens with one attached hydrogen (secondary N) is 1. The Morgan fingerprint density at radius 1 is 1.41 bits per heavy atom. The Morgan fingerprint density at radius 2 is 2.12 bits per heavy atom. The molecule has 1 amide bonds. The van der Waals surface area contributed by atoms with Gasteiger partial charge in [-0.2, -0.15) is 0 Å². The molecule has 1 heterocycles. The van der Waals surface area contributed by atoms with Gasteiger partial charge in [-0.15, -0.1) is 0 Å². The fourth-order valence-electron chi connectivity index (χ4n) is 1.36. The molecule has 1 aromatic heterocycles. The second-order valence-corrected chi connectivity index (χ2v) is 4.51. The molecule has 0 aliphatic rings. The van der Waals surface area contributed by atoms with E-state index in [9.17, 15) is 4.79 Å². The average molecular weight is 295 g/mol. The van der Waals surface area contributed by atoms with Crippen LogP contribution in [0.4, 0.5) is 0 Å². The number of amides is 1. The number of halogens is 1. The van der Waals surface area contributed by atoms with Crippen molar-refractivity contribution < 1.29 is 9.32 Å². The first kappa shape index (κ1) is 11.9. The summed E-state index contributed by atoms with van der Waals surface area (Å²) in [6, 6.07) is 9.60. The predicted molar refractivity (Wildman–Crippen MR) is 67.2 cm³/mol. The van der Waals surface area contributed by atoms with Gasteiger partial charge in [0.2, 0.25) is 5.91 Å². The smallest absolute Gasteiger partial charge is 0.217 e. The van der Waals surface area contributed by atoms with Crippen LogP contribution in [-0.4, -0.2) is 11.1 Å². The van der Waals surface area contributed by atoms with Gasteiger partial charge >= 0.3 is 0 Å². The minimum atomic E-state index is -0.0911. The molecule has 5 heteroatoms. The molecule has 0 aliphatic carbocycles. The van der Waals surface area contributed by atoms with Gasteiger partial charge in [-0.25, -0.2) is 0 Å². The number of benzene rings is 1. The van der Waals surface area contributed by atoms with Gasteiger partial charge in [-0.1, -0.05) is 33.2 Å². The molecule has 0 bridgehead atoms. The number of carbonyl (C=O) groups is 1. The zero-order valence-corrected chi connectivity index (χ0v) is 10.8. The Bertz CT molecular complexity index is 520. The zero-order chi connectivity index (χ0) is 12.3. The van der Waals surface area contributed by atoms with E-state index < -0.39 is 0 Å². The Morgan fingerprint density at radius 3 is 2.76 bits per heavy atom. The number of hydrogen-bond acceptors (Lipinski definition) is 3. The molecule has 0 fully saturated rings. The summed E-state index contributed by atoms with van der Waals surface area (Å²) in [6.07, 6.45) is 0. The molecular weight excluding hydrogens is 284 g/mol. The van der Waals surface area contributed by atoms with Gasteiger partial charge in [-0.3, -0.25) is 4.79 Å². The molecule has 4 nitrogen and oxygen atoms in total. The lowest BCUT2D eigenvalue weighted by Gasteiger charge is -1.95. The van der Waals surface area contributed by atoms with Crippen LogP contribution in [0.3, 0.4) is 0 Å². The molecule has 17 heavy (non-hydrogen) atoms. The van der Waals surface area contributed by atoms with E-state index in [1.807, 2.05) is 30.3 Å². The number of rotatable bonds is 3. The Labute approximate surface area is 107 Å². The van der Waals surface area contributed by atoms with Crippen LogP contribution in [-0.2, 0) is 11.3 Å². The zero-order valence-electron chi connectivity index (χ0n) is 9.24. The molecule has 0 atom stereocenters. The first-order valence-electron chi connectivity index (χ1n) is 5.11. The van der Waals surface area contributed by atoms with Gasteiger partial charge in [0.15, 0.2) is 5.76 Å². The molecule has 0 saturated heterocycles. The lowest BCUT2D eigenvalue weighted by molar-refractivity contribution is -0.119. The van der Waals surface area contributed by atoms with Crippen LogP contribution in [0.1, 0.15) is 12.7 Å². The van der Waals surface area contributed by atoms with Crippen LogP contribution < -0.4 is 5.32 Å². The summed E-state index contributed by atoms with van der Waals surface area (Å²) in [6.45, 7) is 1.82. The van der Waals surface area contributed by atoms with Crippen molar-refractivity contribution in [3.8, 4) is 11.3 Å². The maximum absolute atomic E-state index is 10.8. The molecule has 2 rings (SSSR count). The summed E-state index contributed by atoms with van der Waals surface area (Å²) in [5.41, 5.74) is 1.74. The van der Waals surface area contributed by atoms with Gasteiger partial charge < -0.3 is 9.84 Å². The SMILES string of the molecule is CC(=O)NCc1cc(-c2ccc(Br)cc2)no1. The summed E-state index contributed by atoms with van der Waals surface area (Å²) < 4.78 is 6.14. The quantitative estimate of drug-likeness (QED) is 0.947. The number of carbonyl (C=O) groups excluding carboxylic acids is 1. The van der Waals surface area contributed by atoms with Gasteiger partial charge in [0.25, 0.3) is 0 Å². The third-order valence-corrected chi connectivity index (χ3v) is 2.74. The van der Waals surface area contributed by atoms with E-state index in [4.69, 9.17) is 4.52 Å². The van der Waals surface area contributed by atoms with Gasteiger partial charge in [0.1, 0.15) is 5.69 Å².